The summed E-state index contributed by atoms with van der Waals surface area (Å²) >= 11 is 0. The third kappa shape index (κ3) is 2.76. The second-order valence-electron chi connectivity index (χ2n) is 7.48. The first kappa shape index (κ1) is 18.1. The number of nitrogens with one attached hydrogen (secondary N) is 1. The predicted octanol–water partition coefficient (Wildman–Crippen LogP) is 4.78. The summed E-state index contributed by atoms with van der Waals surface area (Å²) in [4.78, 5) is 22.2. The fourth-order valence-electron chi connectivity index (χ4n) is 3.90. The van der Waals surface area contributed by atoms with E-state index in [1.165, 1.54) is 5.56 Å². The van der Waals surface area contributed by atoms with Crippen molar-refractivity contribution in [3.8, 4) is 5.95 Å². The molecular weight excluding hydrogens is 374 g/mol. The Bertz CT molecular complexity index is 1410. The molecule has 148 valence electrons. The Morgan fingerprint density at radius 2 is 1.67 bits per heavy atom. The lowest BCUT2D eigenvalue weighted by Gasteiger charge is -2.11. The Morgan fingerprint density at radius 1 is 0.900 bits per heavy atom. The molecule has 1 N–H and O–H groups in total. The molecule has 0 saturated carbocycles. The van der Waals surface area contributed by atoms with Crippen LogP contribution in [0.15, 0.2) is 67.0 Å². The second kappa shape index (κ2) is 6.84. The normalized spacial score (nSPS) is 11.3. The maximum absolute atomic E-state index is 13.3. The summed E-state index contributed by atoms with van der Waals surface area (Å²) in [6.07, 6.45) is 3.37. The molecule has 0 fully saturated rings. The molecule has 3 aromatic heterocycles. The highest BCUT2D eigenvalue weighted by Crippen LogP contribution is 2.32. The molecule has 0 spiro atoms. The zero-order chi connectivity index (χ0) is 20.8. The molecule has 0 saturated heterocycles. The van der Waals surface area contributed by atoms with Gasteiger partial charge in [-0.05, 0) is 55.3 Å². The van der Waals surface area contributed by atoms with Crippen LogP contribution in [0.2, 0.25) is 0 Å². The summed E-state index contributed by atoms with van der Waals surface area (Å²) in [5.74, 6) is 0.264. The third-order valence-electron chi connectivity index (χ3n) is 5.61. The first-order valence-electron chi connectivity index (χ1n) is 9.79. The number of hydrogen-bond donors (Lipinski definition) is 1. The average molecular weight is 395 g/mol. The third-order valence-corrected chi connectivity index (χ3v) is 5.61. The van der Waals surface area contributed by atoms with Crippen molar-refractivity contribution in [2.24, 2.45) is 7.05 Å². The van der Waals surface area contributed by atoms with Gasteiger partial charge in [0.25, 0.3) is 5.91 Å². The number of fused-ring (bicyclic) bond motifs is 3. The van der Waals surface area contributed by atoms with Crippen molar-refractivity contribution in [2.45, 2.75) is 13.8 Å². The van der Waals surface area contributed by atoms with Gasteiger partial charge >= 0.3 is 0 Å². The van der Waals surface area contributed by atoms with Gasteiger partial charge in [-0.2, -0.15) is 0 Å². The number of para-hydroxylation sites is 1. The number of aryl methyl sites for hydroxylation is 3. The van der Waals surface area contributed by atoms with Crippen molar-refractivity contribution >= 4 is 33.5 Å². The average Bonchev–Trinajstić information content (AvgIpc) is 3.28. The van der Waals surface area contributed by atoms with E-state index in [4.69, 9.17) is 0 Å². The maximum atomic E-state index is 13.3. The number of carbonyl (C=O) groups excluding carboxylic acids is 1. The number of benzene rings is 2. The van der Waals surface area contributed by atoms with Crippen LogP contribution in [-0.4, -0.2) is 25.0 Å². The molecule has 1 amide bonds. The zero-order valence-corrected chi connectivity index (χ0v) is 17.0. The molecule has 30 heavy (non-hydrogen) atoms. The van der Waals surface area contributed by atoms with Gasteiger partial charge in [-0.1, -0.05) is 24.3 Å². The van der Waals surface area contributed by atoms with Gasteiger partial charge in [0.05, 0.1) is 16.6 Å². The van der Waals surface area contributed by atoms with Gasteiger partial charge in [-0.25, -0.2) is 9.97 Å². The Labute approximate surface area is 173 Å². The highest BCUT2D eigenvalue weighted by Gasteiger charge is 2.23. The number of hydrogen-bond acceptors (Lipinski definition) is 3. The molecule has 6 nitrogen and oxygen atoms in total. The number of carbonyl (C=O) groups is 1. The highest BCUT2D eigenvalue weighted by atomic mass is 16.2. The van der Waals surface area contributed by atoms with E-state index in [0.717, 1.165) is 33.2 Å². The van der Waals surface area contributed by atoms with Gasteiger partial charge in [-0.3, -0.25) is 9.36 Å². The van der Waals surface area contributed by atoms with Crippen LogP contribution in [0, 0.1) is 13.8 Å². The van der Waals surface area contributed by atoms with Crippen LogP contribution >= 0.6 is 0 Å². The fraction of sp³-hybridized carbons (Fsp3) is 0.125. The molecule has 0 radical (unpaired) electrons. The molecular formula is C24H21N5O. The van der Waals surface area contributed by atoms with E-state index in [2.05, 4.69) is 38.9 Å². The van der Waals surface area contributed by atoms with Crippen molar-refractivity contribution in [2.75, 3.05) is 5.32 Å². The molecule has 0 bridgehead atoms. The summed E-state index contributed by atoms with van der Waals surface area (Å²) < 4.78 is 3.94. The van der Waals surface area contributed by atoms with E-state index in [1.54, 1.807) is 18.5 Å². The Kier molecular flexibility index (Phi) is 4.13. The van der Waals surface area contributed by atoms with E-state index in [-0.39, 0.29) is 5.91 Å². The van der Waals surface area contributed by atoms with E-state index >= 15 is 0 Å². The lowest BCUT2D eigenvalue weighted by atomic mass is 10.1. The van der Waals surface area contributed by atoms with Crippen LogP contribution in [0.3, 0.4) is 0 Å². The number of amides is 1. The molecule has 0 aliphatic carbocycles. The SMILES string of the molecule is Cc1ccc(NC(=O)c2cc3c(c4ccccc4n3C)n2-c2ncccn2)cc1C. The van der Waals surface area contributed by atoms with Crippen molar-refractivity contribution in [3.05, 3.63) is 83.8 Å². The Balaban J connectivity index is 1.72. The van der Waals surface area contributed by atoms with Crippen LogP contribution in [0.4, 0.5) is 5.69 Å². The Hall–Kier alpha value is -3.93. The van der Waals surface area contributed by atoms with Crippen LogP contribution in [0.1, 0.15) is 21.6 Å². The van der Waals surface area contributed by atoms with Crippen LogP contribution in [0.25, 0.3) is 27.9 Å². The summed E-state index contributed by atoms with van der Waals surface area (Å²) in [7, 11) is 2.01. The topological polar surface area (TPSA) is 64.7 Å². The molecule has 5 aromatic rings. The standard InChI is InChI=1S/C24H21N5O/c1-15-9-10-17(13-16(15)2)27-23(30)21-14-20-22(29(21)24-25-11-6-12-26-24)18-7-4-5-8-19(18)28(20)3/h4-14H,1-3H3,(H,27,30). The van der Waals surface area contributed by atoms with Crippen LogP contribution in [0.5, 0.6) is 0 Å². The van der Waals surface area contributed by atoms with E-state index in [9.17, 15) is 4.79 Å². The predicted molar refractivity (Wildman–Crippen MR) is 119 cm³/mol. The lowest BCUT2D eigenvalue weighted by molar-refractivity contribution is 0.102. The maximum Gasteiger partial charge on any atom is 0.272 e. The second-order valence-corrected chi connectivity index (χ2v) is 7.48. The number of nitrogens with zero attached hydrogens (tertiary/aromatic N) is 4. The molecule has 5 rings (SSSR count). The number of rotatable bonds is 3. The van der Waals surface area contributed by atoms with Crippen molar-refractivity contribution < 1.29 is 4.79 Å². The molecule has 0 atom stereocenters. The van der Waals surface area contributed by atoms with Crippen molar-refractivity contribution in [1.82, 2.24) is 19.1 Å². The minimum absolute atomic E-state index is 0.203. The summed E-state index contributed by atoms with van der Waals surface area (Å²) in [5.41, 5.74) is 6.54. The fourth-order valence-corrected chi connectivity index (χ4v) is 3.90. The molecule has 0 unspecified atom stereocenters. The zero-order valence-electron chi connectivity index (χ0n) is 17.0. The molecule has 3 heterocycles. The largest absolute Gasteiger partial charge is 0.342 e. The first-order chi connectivity index (χ1) is 14.5. The number of anilines is 1. The van der Waals surface area contributed by atoms with Gasteiger partial charge < -0.3 is 9.88 Å². The summed E-state index contributed by atoms with van der Waals surface area (Å²) in [5, 5.41) is 4.08. The Morgan fingerprint density at radius 3 is 2.43 bits per heavy atom. The van der Waals surface area contributed by atoms with E-state index in [1.807, 2.05) is 54.9 Å². The minimum Gasteiger partial charge on any atom is -0.342 e. The highest BCUT2D eigenvalue weighted by molar-refractivity contribution is 6.13. The van der Waals surface area contributed by atoms with Crippen LogP contribution < -0.4 is 5.32 Å². The van der Waals surface area contributed by atoms with Crippen LogP contribution in [-0.2, 0) is 7.05 Å². The summed E-state index contributed by atoms with van der Waals surface area (Å²) in [6, 6.07) is 17.7. The molecule has 0 aliphatic rings. The van der Waals surface area contributed by atoms with Gasteiger partial charge in [0, 0.05) is 30.5 Å². The minimum atomic E-state index is -0.203. The van der Waals surface area contributed by atoms with E-state index in [0.29, 0.717) is 11.6 Å². The van der Waals surface area contributed by atoms with Gasteiger partial charge in [0.2, 0.25) is 5.95 Å². The molecule has 2 aromatic carbocycles. The summed E-state index contributed by atoms with van der Waals surface area (Å²) in [6.45, 7) is 4.09. The molecule has 0 aliphatic heterocycles. The smallest absolute Gasteiger partial charge is 0.272 e. The number of aromatic nitrogens is 4. The van der Waals surface area contributed by atoms with E-state index < -0.39 is 0 Å². The van der Waals surface area contributed by atoms with Crippen molar-refractivity contribution in [3.63, 3.8) is 0 Å². The lowest BCUT2D eigenvalue weighted by Crippen LogP contribution is -2.17. The molecule has 6 heteroatoms. The first-order valence-corrected chi connectivity index (χ1v) is 9.79. The van der Waals surface area contributed by atoms with Gasteiger partial charge in [-0.15, -0.1) is 0 Å². The van der Waals surface area contributed by atoms with Gasteiger partial charge in [0.15, 0.2) is 0 Å². The van der Waals surface area contributed by atoms with Gasteiger partial charge in [0.1, 0.15) is 5.69 Å². The quantitative estimate of drug-likeness (QED) is 0.478. The van der Waals surface area contributed by atoms with Crippen molar-refractivity contribution in [1.29, 1.82) is 0 Å². The monoisotopic (exact) mass is 395 g/mol.